The first-order valence-corrected chi connectivity index (χ1v) is 7.53. The number of hydrogen-bond acceptors (Lipinski definition) is 5. The molecule has 0 radical (unpaired) electrons. The van der Waals surface area contributed by atoms with Crippen molar-refractivity contribution < 1.29 is 14.3 Å². The van der Waals surface area contributed by atoms with Gasteiger partial charge >= 0.3 is 0 Å². The molecule has 0 aromatic heterocycles. The van der Waals surface area contributed by atoms with E-state index in [1.807, 2.05) is 24.3 Å². The molecule has 3 rings (SSSR count). The van der Waals surface area contributed by atoms with Crippen LogP contribution in [0.1, 0.15) is 6.42 Å². The van der Waals surface area contributed by atoms with Gasteiger partial charge in [0.15, 0.2) is 0 Å². The van der Waals surface area contributed by atoms with Crippen LogP contribution in [-0.4, -0.2) is 68.0 Å². The Morgan fingerprint density at radius 1 is 1.05 bits per heavy atom. The van der Waals surface area contributed by atoms with Crippen LogP contribution >= 0.6 is 0 Å². The number of likely N-dealkylation sites (N-methyl/N-ethyl adjacent to an activating group) is 1. The Labute approximate surface area is 130 Å². The fourth-order valence-electron chi connectivity index (χ4n) is 3.11. The lowest BCUT2D eigenvalue weighted by molar-refractivity contribution is -0.138. The van der Waals surface area contributed by atoms with E-state index in [1.165, 1.54) is 4.90 Å². The third kappa shape index (κ3) is 2.66. The lowest BCUT2D eigenvalue weighted by Crippen LogP contribution is -2.52. The second-order valence-corrected chi connectivity index (χ2v) is 5.73. The van der Waals surface area contributed by atoms with Gasteiger partial charge in [0.1, 0.15) is 5.75 Å². The number of piperazine rings is 1. The van der Waals surface area contributed by atoms with Gasteiger partial charge in [-0.05, 0) is 24.3 Å². The number of hydrogen-bond donors (Lipinski definition) is 0. The molecule has 0 unspecified atom stereocenters. The summed E-state index contributed by atoms with van der Waals surface area (Å²) in [5, 5.41) is 0. The number of carbonyl (C=O) groups excluding carboxylic acids is 2. The number of amides is 2. The van der Waals surface area contributed by atoms with Crippen LogP contribution in [0, 0.1) is 0 Å². The number of rotatable bonds is 3. The zero-order valence-electron chi connectivity index (χ0n) is 13.0. The van der Waals surface area contributed by atoms with Crippen LogP contribution in [-0.2, 0) is 9.59 Å². The lowest BCUT2D eigenvalue weighted by Gasteiger charge is -2.38. The first kappa shape index (κ1) is 14.8. The average molecular weight is 303 g/mol. The summed E-state index contributed by atoms with van der Waals surface area (Å²) < 4.78 is 5.17. The van der Waals surface area contributed by atoms with E-state index in [1.54, 1.807) is 14.2 Å². The van der Waals surface area contributed by atoms with Crippen LogP contribution in [0.15, 0.2) is 24.3 Å². The minimum atomic E-state index is -0.268. The molecule has 0 bridgehead atoms. The van der Waals surface area contributed by atoms with Crippen molar-refractivity contribution in [3.63, 3.8) is 0 Å². The highest BCUT2D eigenvalue weighted by Crippen LogP contribution is 2.23. The van der Waals surface area contributed by atoms with Crippen LogP contribution in [0.3, 0.4) is 0 Å². The van der Waals surface area contributed by atoms with Crippen molar-refractivity contribution in [3.8, 4) is 5.75 Å². The molecule has 1 aromatic rings. The molecule has 2 amide bonds. The fraction of sp³-hybridized carbons (Fsp3) is 0.500. The smallest absolute Gasteiger partial charge is 0.246 e. The summed E-state index contributed by atoms with van der Waals surface area (Å²) in [6, 6.07) is 7.74. The maximum Gasteiger partial charge on any atom is 0.246 e. The molecule has 6 heteroatoms. The Kier molecular flexibility index (Phi) is 4.02. The maximum absolute atomic E-state index is 12.1. The Hall–Kier alpha value is -2.08. The first-order valence-electron chi connectivity index (χ1n) is 7.53. The molecule has 0 aliphatic carbocycles. The molecule has 2 aliphatic rings. The van der Waals surface area contributed by atoms with Crippen LogP contribution in [0.25, 0.3) is 0 Å². The highest BCUT2D eigenvalue weighted by atomic mass is 16.5. The number of methoxy groups -OCH3 is 1. The number of imide groups is 1. The molecule has 1 aromatic carbocycles. The number of ether oxygens (including phenoxy) is 1. The van der Waals surface area contributed by atoms with Gasteiger partial charge in [-0.3, -0.25) is 19.4 Å². The minimum Gasteiger partial charge on any atom is -0.497 e. The molecule has 2 fully saturated rings. The SMILES string of the molecule is COc1ccc(N2CCN([C@H]3CC(=O)N(C)C3=O)CC2)cc1. The minimum absolute atomic E-state index is 0.0668. The largest absolute Gasteiger partial charge is 0.497 e. The molecule has 2 saturated heterocycles. The molecular formula is C16H21N3O3. The van der Waals surface area contributed by atoms with Gasteiger partial charge in [-0.2, -0.15) is 0 Å². The van der Waals surface area contributed by atoms with E-state index >= 15 is 0 Å². The topological polar surface area (TPSA) is 53.1 Å². The summed E-state index contributed by atoms with van der Waals surface area (Å²) in [6.07, 6.45) is 0.317. The first-order chi connectivity index (χ1) is 10.6. The summed E-state index contributed by atoms with van der Waals surface area (Å²) in [7, 11) is 3.23. The third-order valence-corrected chi connectivity index (χ3v) is 4.55. The van der Waals surface area contributed by atoms with Crippen molar-refractivity contribution in [1.82, 2.24) is 9.80 Å². The average Bonchev–Trinajstić information content (AvgIpc) is 2.83. The Bertz CT molecular complexity index is 565. The number of likely N-dealkylation sites (tertiary alicyclic amines) is 1. The number of nitrogens with zero attached hydrogens (tertiary/aromatic N) is 3. The summed E-state index contributed by atoms with van der Waals surface area (Å²) in [5.74, 6) is 0.705. The van der Waals surface area contributed by atoms with E-state index in [2.05, 4.69) is 9.80 Å². The third-order valence-electron chi connectivity index (χ3n) is 4.55. The normalized spacial score (nSPS) is 23.3. The Morgan fingerprint density at radius 2 is 1.68 bits per heavy atom. The zero-order chi connectivity index (χ0) is 15.7. The number of benzene rings is 1. The molecule has 1 atom stereocenters. The standard InChI is InChI=1S/C16H21N3O3/c1-17-15(20)11-14(16(17)21)19-9-7-18(8-10-19)12-3-5-13(22-2)6-4-12/h3-6,14H,7-11H2,1-2H3/t14-/m0/s1. The summed E-state index contributed by atoms with van der Waals surface area (Å²) in [5.41, 5.74) is 1.16. The molecular weight excluding hydrogens is 282 g/mol. The molecule has 0 N–H and O–H groups in total. The second kappa shape index (κ2) is 5.96. The van der Waals surface area contributed by atoms with Crippen molar-refractivity contribution >= 4 is 17.5 Å². The summed E-state index contributed by atoms with van der Waals surface area (Å²) in [4.78, 5) is 29.4. The van der Waals surface area contributed by atoms with Gasteiger partial charge in [-0.15, -0.1) is 0 Å². The van der Waals surface area contributed by atoms with Gasteiger partial charge in [-0.1, -0.05) is 0 Å². The van der Waals surface area contributed by atoms with Gasteiger partial charge in [0, 0.05) is 38.9 Å². The van der Waals surface area contributed by atoms with Gasteiger partial charge in [0.05, 0.1) is 19.6 Å². The maximum atomic E-state index is 12.1. The second-order valence-electron chi connectivity index (χ2n) is 5.73. The van der Waals surface area contributed by atoms with Crippen molar-refractivity contribution in [2.24, 2.45) is 0 Å². The van der Waals surface area contributed by atoms with E-state index in [4.69, 9.17) is 4.74 Å². The lowest BCUT2D eigenvalue weighted by atomic mass is 10.1. The van der Waals surface area contributed by atoms with Crippen molar-refractivity contribution in [2.75, 3.05) is 45.2 Å². The monoisotopic (exact) mass is 303 g/mol. The van der Waals surface area contributed by atoms with Crippen LogP contribution in [0.4, 0.5) is 5.69 Å². The van der Waals surface area contributed by atoms with Crippen molar-refractivity contribution in [1.29, 1.82) is 0 Å². The van der Waals surface area contributed by atoms with Gasteiger partial charge in [0.25, 0.3) is 0 Å². The molecule has 0 saturated carbocycles. The highest BCUT2D eigenvalue weighted by molar-refractivity contribution is 6.05. The highest BCUT2D eigenvalue weighted by Gasteiger charge is 2.40. The van der Waals surface area contributed by atoms with Crippen molar-refractivity contribution in [3.05, 3.63) is 24.3 Å². The van der Waals surface area contributed by atoms with Crippen LogP contribution in [0.2, 0.25) is 0 Å². The molecule has 6 nitrogen and oxygen atoms in total. The van der Waals surface area contributed by atoms with E-state index in [0.717, 1.165) is 37.6 Å². The molecule has 22 heavy (non-hydrogen) atoms. The van der Waals surface area contributed by atoms with E-state index in [-0.39, 0.29) is 17.9 Å². The van der Waals surface area contributed by atoms with Crippen LogP contribution < -0.4 is 9.64 Å². The van der Waals surface area contributed by atoms with E-state index in [9.17, 15) is 9.59 Å². The molecule has 2 aliphatic heterocycles. The number of carbonyl (C=O) groups is 2. The van der Waals surface area contributed by atoms with Gasteiger partial charge in [0.2, 0.25) is 11.8 Å². The Balaban J connectivity index is 1.60. The quantitative estimate of drug-likeness (QED) is 0.764. The zero-order valence-corrected chi connectivity index (χ0v) is 13.0. The molecule has 2 heterocycles. The summed E-state index contributed by atoms with van der Waals surface area (Å²) >= 11 is 0. The summed E-state index contributed by atoms with van der Waals surface area (Å²) in [6.45, 7) is 3.30. The molecule has 118 valence electrons. The predicted octanol–water partition coefficient (Wildman–Crippen LogP) is 0.575. The van der Waals surface area contributed by atoms with Crippen molar-refractivity contribution in [2.45, 2.75) is 12.5 Å². The Morgan fingerprint density at radius 3 is 2.18 bits per heavy atom. The van der Waals surface area contributed by atoms with E-state index < -0.39 is 0 Å². The van der Waals surface area contributed by atoms with Gasteiger partial charge < -0.3 is 9.64 Å². The molecule has 0 spiro atoms. The predicted molar refractivity (Wildman–Crippen MR) is 83.0 cm³/mol. The fourth-order valence-corrected chi connectivity index (χ4v) is 3.11. The number of anilines is 1. The van der Waals surface area contributed by atoms with Gasteiger partial charge in [-0.25, -0.2) is 0 Å². The van der Waals surface area contributed by atoms with E-state index in [0.29, 0.717) is 6.42 Å². The van der Waals surface area contributed by atoms with Crippen LogP contribution in [0.5, 0.6) is 5.75 Å².